The second kappa shape index (κ2) is 5.34. The van der Waals surface area contributed by atoms with E-state index in [1.165, 1.54) is 0 Å². The van der Waals surface area contributed by atoms with Crippen molar-refractivity contribution in [2.45, 2.75) is 26.3 Å². The molecule has 0 aliphatic carbocycles. The number of aryl methyl sites for hydroxylation is 3. The third kappa shape index (κ3) is 3.08. The number of nitrogens with zero attached hydrogens (tertiary/aromatic N) is 1. The fraction of sp³-hybridized carbons (Fsp3) is 0.308. The summed E-state index contributed by atoms with van der Waals surface area (Å²) < 4.78 is 5.03. The maximum absolute atomic E-state index is 6.14. The number of benzene rings is 1. The van der Waals surface area contributed by atoms with Crippen molar-refractivity contribution in [2.24, 2.45) is 5.73 Å². The molecule has 0 saturated heterocycles. The maximum Gasteiger partial charge on any atom is 0.133 e. The van der Waals surface area contributed by atoms with Crippen molar-refractivity contribution in [3.8, 4) is 0 Å². The highest BCUT2D eigenvalue weighted by atomic mass is 35.5. The molecular weight excluding hydrogens is 236 g/mol. The van der Waals surface area contributed by atoms with Crippen LogP contribution < -0.4 is 5.73 Å². The molecule has 2 N–H and O–H groups in total. The van der Waals surface area contributed by atoms with E-state index in [0.29, 0.717) is 6.54 Å². The predicted molar refractivity (Wildman–Crippen MR) is 68.0 cm³/mol. The summed E-state index contributed by atoms with van der Waals surface area (Å²) in [5.41, 5.74) is 8.77. The minimum atomic E-state index is 0.535. The Morgan fingerprint density at radius 1 is 1.29 bits per heavy atom. The van der Waals surface area contributed by atoms with Gasteiger partial charge in [0.15, 0.2) is 0 Å². The molecule has 0 atom stereocenters. The van der Waals surface area contributed by atoms with Crippen LogP contribution in [0.25, 0.3) is 0 Å². The predicted octanol–water partition coefficient (Wildman–Crippen LogP) is 2.88. The van der Waals surface area contributed by atoms with Gasteiger partial charge < -0.3 is 10.3 Å². The van der Waals surface area contributed by atoms with E-state index in [9.17, 15) is 0 Å². The average molecular weight is 251 g/mol. The molecule has 0 radical (unpaired) electrons. The van der Waals surface area contributed by atoms with E-state index >= 15 is 0 Å². The van der Waals surface area contributed by atoms with Crippen LogP contribution in [0.3, 0.4) is 0 Å². The Bertz CT molecular complexity index is 508. The highest BCUT2D eigenvalue weighted by Crippen LogP contribution is 2.19. The van der Waals surface area contributed by atoms with Gasteiger partial charge in [0.05, 0.1) is 5.69 Å². The van der Waals surface area contributed by atoms with Crippen molar-refractivity contribution in [3.63, 3.8) is 0 Å². The summed E-state index contributed by atoms with van der Waals surface area (Å²) in [6.07, 6.45) is 1.67. The fourth-order valence-corrected chi connectivity index (χ4v) is 1.96. The molecular formula is C13H15ClN2O. The van der Waals surface area contributed by atoms with Crippen LogP contribution in [0.5, 0.6) is 0 Å². The van der Waals surface area contributed by atoms with E-state index in [1.54, 1.807) is 0 Å². The number of hydrogen-bond acceptors (Lipinski definition) is 3. The van der Waals surface area contributed by atoms with Crippen molar-refractivity contribution in [2.75, 3.05) is 0 Å². The first-order valence-corrected chi connectivity index (χ1v) is 5.96. The normalized spacial score (nSPS) is 10.8. The van der Waals surface area contributed by atoms with Crippen molar-refractivity contribution in [1.29, 1.82) is 0 Å². The lowest BCUT2D eigenvalue weighted by molar-refractivity contribution is 0.390. The molecule has 0 aliphatic rings. The third-order valence-electron chi connectivity index (χ3n) is 2.67. The largest absolute Gasteiger partial charge is 0.361 e. The van der Waals surface area contributed by atoms with Gasteiger partial charge in [0, 0.05) is 17.6 Å². The van der Waals surface area contributed by atoms with Crippen LogP contribution in [-0.2, 0) is 19.4 Å². The van der Waals surface area contributed by atoms with Gasteiger partial charge >= 0.3 is 0 Å². The van der Waals surface area contributed by atoms with Crippen LogP contribution in [0, 0.1) is 6.92 Å². The minimum absolute atomic E-state index is 0.535. The lowest BCUT2D eigenvalue weighted by Crippen LogP contribution is -1.99. The summed E-state index contributed by atoms with van der Waals surface area (Å²) in [5, 5.41) is 4.74. The van der Waals surface area contributed by atoms with Gasteiger partial charge in [-0.1, -0.05) is 28.9 Å². The topological polar surface area (TPSA) is 52.0 Å². The molecule has 0 fully saturated rings. The van der Waals surface area contributed by atoms with E-state index < -0.39 is 0 Å². The Kier molecular flexibility index (Phi) is 3.82. The van der Waals surface area contributed by atoms with Gasteiger partial charge in [-0.15, -0.1) is 0 Å². The molecule has 4 heteroatoms. The summed E-state index contributed by atoms with van der Waals surface area (Å²) in [6.45, 7) is 2.42. The lowest BCUT2D eigenvalue weighted by Gasteiger charge is -2.05. The molecule has 1 aromatic heterocycles. The SMILES string of the molecule is Cc1cc(CCc2cc(CN)ccc2Cl)no1. The zero-order valence-corrected chi connectivity index (χ0v) is 10.5. The zero-order valence-electron chi connectivity index (χ0n) is 9.74. The number of rotatable bonds is 4. The summed E-state index contributed by atoms with van der Waals surface area (Å²) in [7, 11) is 0. The van der Waals surface area contributed by atoms with Crippen LogP contribution in [0.15, 0.2) is 28.8 Å². The van der Waals surface area contributed by atoms with Gasteiger partial charge in [-0.25, -0.2) is 0 Å². The fourth-order valence-electron chi connectivity index (χ4n) is 1.75. The standard InChI is InChI=1S/C13H15ClN2O/c1-9-6-12(16-17-9)4-3-11-7-10(8-15)2-5-13(11)14/h2,5-7H,3-4,8,15H2,1H3. The summed E-state index contributed by atoms with van der Waals surface area (Å²) in [6, 6.07) is 7.84. The van der Waals surface area contributed by atoms with Crippen molar-refractivity contribution < 1.29 is 4.52 Å². The molecule has 0 aliphatic heterocycles. The molecule has 3 nitrogen and oxygen atoms in total. The molecule has 0 amide bonds. The Morgan fingerprint density at radius 3 is 2.76 bits per heavy atom. The smallest absolute Gasteiger partial charge is 0.133 e. The van der Waals surface area contributed by atoms with Gasteiger partial charge in [0.1, 0.15) is 5.76 Å². The molecule has 0 bridgehead atoms. The van der Waals surface area contributed by atoms with E-state index in [-0.39, 0.29) is 0 Å². The summed E-state index contributed by atoms with van der Waals surface area (Å²) in [5.74, 6) is 0.835. The van der Waals surface area contributed by atoms with Crippen LogP contribution >= 0.6 is 11.6 Å². The molecule has 0 saturated carbocycles. The van der Waals surface area contributed by atoms with Gasteiger partial charge in [-0.2, -0.15) is 0 Å². The van der Waals surface area contributed by atoms with Crippen LogP contribution in [0.1, 0.15) is 22.6 Å². The van der Waals surface area contributed by atoms with Crippen molar-refractivity contribution in [3.05, 3.63) is 51.9 Å². The first-order valence-electron chi connectivity index (χ1n) is 5.58. The number of aromatic nitrogens is 1. The Balaban J connectivity index is 2.07. The molecule has 0 unspecified atom stereocenters. The molecule has 2 aromatic rings. The summed E-state index contributed by atoms with van der Waals surface area (Å²) >= 11 is 6.14. The molecule has 1 aromatic carbocycles. The van der Waals surface area contributed by atoms with E-state index in [2.05, 4.69) is 11.2 Å². The number of hydrogen-bond donors (Lipinski definition) is 1. The Labute approximate surface area is 106 Å². The third-order valence-corrected chi connectivity index (χ3v) is 3.04. The maximum atomic E-state index is 6.14. The van der Waals surface area contributed by atoms with Gasteiger partial charge in [-0.3, -0.25) is 0 Å². The monoisotopic (exact) mass is 250 g/mol. The number of halogens is 1. The van der Waals surface area contributed by atoms with Gasteiger partial charge in [-0.05, 0) is 37.0 Å². The first-order chi connectivity index (χ1) is 8.19. The van der Waals surface area contributed by atoms with Crippen molar-refractivity contribution in [1.82, 2.24) is 5.16 Å². The molecule has 2 rings (SSSR count). The zero-order chi connectivity index (χ0) is 12.3. The highest BCUT2D eigenvalue weighted by Gasteiger charge is 2.05. The molecule has 1 heterocycles. The first kappa shape index (κ1) is 12.1. The van der Waals surface area contributed by atoms with Crippen LogP contribution in [-0.4, -0.2) is 5.16 Å². The lowest BCUT2D eigenvalue weighted by atomic mass is 10.0. The minimum Gasteiger partial charge on any atom is -0.361 e. The van der Waals surface area contributed by atoms with E-state index in [4.69, 9.17) is 21.9 Å². The molecule has 0 spiro atoms. The van der Waals surface area contributed by atoms with Crippen molar-refractivity contribution >= 4 is 11.6 Å². The van der Waals surface area contributed by atoms with Gasteiger partial charge in [0.2, 0.25) is 0 Å². The van der Waals surface area contributed by atoms with Gasteiger partial charge in [0.25, 0.3) is 0 Å². The van der Waals surface area contributed by atoms with Crippen LogP contribution in [0.4, 0.5) is 0 Å². The Hall–Kier alpha value is -1.32. The van der Waals surface area contributed by atoms with Crippen LogP contribution in [0.2, 0.25) is 5.02 Å². The average Bonchev–Trinajstić information content (AvgIpc) is 2.74. The quantitative estimate of drug-likeness (QED) is 0.908. The van der Waals surface area contributed by atoms with E-state index in [0.717, 1.165) is 40.4 Å². The number of nitrogens with two attached hydrogens (primary N) is 1. The Morgan fingerprint density at radius 2 is 2.12 bits per heavy atom. The molecule has 90 valence electrons. The van der Waals surface area contributed by atoms with E-state index in [1.807, 2.05) is 25.1 Å². The summed E-state index contributed by atoms with van der Waals surface area (Å²) in [4.78, 5) is 0. The second-order valence-corrected chi connectivity index (χ2v) is 4.47. The second-order valence-electron chi connectivity index (χ2n) is 4.06. The molecule has 17 heavy (non-hydrogen) atoms. The highest BCUT2D eigenvalue weighted by molar-refractivity contribution is 6.31.